The summed E-state index contributed by atoms with van der Waals surface area (Å²) in [5, 5.41) is 0. The average Bonchev–Trinajstić information content (AvgIpc) is 2.23. The molecule has 0 aliphatic heterocycles. The summed E-state index contributed by atoms with van der Waals surface area (Å²) >= 11 is 3.19. The number of hydrogen-bond acceptors (Lipinski definition) is 2. The van der Waals surface area contributed by atoms with Gasteiger partial charge in [0.05, 0.1) is 4.47 Å². The first kappa shape index (κ1) is 14.6. The Morgan fingerprint density at radius 2 is 2.06 bits per heavy atom. The Bertz CT molecular complexity index is 374. The number of hydrazine groups is 1. The van der Waals surface area contributed by atoms with Crippen molar-refractivity contribution < 1.29 is 4.39 Å². The highest BCUT2D eigenvalue weighted by molar-refractivity contribution is 9.10. The van der Waals surface area contributed by atoms with Gasteiger partial charge in [-0.25, -0.2) is 4.39 Å². The fourth-order valence-electron chi connectivity index (χ4n) is 1.70. The van der Waals surface area contributed by atoms with E-state index >= 15 is 0 Å². The molecule has 0 saturated carbocycles. The fraction of sp³-hybridized carbons (Fsp3) is 0.538. The second-order valence-electron chi connectivity index (χ2n) is 5.46. The summed E-state index contributed by atoms with van der Waals surface area (Å²) in [4.78, 5) is 0. The highest BCUT2D eigenvalue weighted by Gasteiger charge is 2.19. The Morgan fingerprint density at radius 3 is 2.59 bits per heavy atom. The average molecular weight is 303 g/mol. The summed E-state index contributed by atoms with van der Waals surface area (Å²) in [6.45, 7) is 6.49. The largest absolute Gasteiger partial charge is 0.271 e. The van der Waals surface area contributed by atoms with Crippen LogP contribution in [0.5, 0.6) is 0 Å². The summed E-state index contributed by atoms with van der Waals surface area (Å²) in [6.07, 6.45) is 1.79. The molecule has 1 aromatic carbocycles. The van der Waals surface area contributed by atoms with Gasteiger partial charge >= 0.3 is 0 Å². The molecular formula is C13H20BrFN2. The minimum atomic E-state index is -0.232. The van der Waals surface area contributed by atoms with Crippen LogP contribution in [0.15, 0.2) is 22.7 Å². The fourth-order valence-corrected chi connectivity index (χ4v) is 2.08. The maximum Gasteiger partial charge on any atom is 0.142 e. The van der Waals surface area contributed by atoms with Crippen molar-refractivity contribution in [3.63, 3.8) is 0 Å². The van der Waals surface area contributed by atoms with Gasteiger partial charge in [0.1, 0.15) is 5.82 Å². The Kier molecular flexibility index (Phi) is 5.10. The zero-order valence-corrected chi connectivity index (χ0v) is 12.1. The lowest BCUT2D eigenvalue weighted by atomic mass is 9.87. The van der Waals surface area contributed by atoms with Crippen molar-refractivity contribution in [3.8, 4) is 0 Å². The molecule has 0 heterocycles. The second-order valence-corrected chi connectivity index (χ2v) is 6.32. The van der Waals surface area contributed by atoms with E-state index in [-0.39, 0.29) is 17.3 Å². The minimum absolute atomic E-state index is 0.147. The Morgan fingerprint density at radius 1 is 1.41 bits per heavy atom. The van der Waals surface area contributed by atoms with E-state index in [1.807, 2.05) is 6.07 Å². The molecule has 0 spiro atoms. The van der Waals surface area contributed by atoms with E-state index in [0.717, 1.165) is 12.8 Å². The van der Waals surface area contributed by atoms with Crippen LogP contribution in [-0.4, -0.2) is 0 Å². The van der Waals surface area contributed by atoms with Crippen molar-refractivity contribution in [2.75, 3.05) is 0 Å². The van der Waals surface area contributed by atoms with Gasteiger partial charge in [-0.05, 0) is 40.3 Å². The van der Waals surface area contributed by atoms with Gasteiger partial charge in [0.15, 0.2) is 0 Å². The first-order valence-corrected chi connectivity index (χ1v) is 6.54. The Balaban J connectivity index is 2.83. The molecule has 0 aliphatic carbocycles. The van der Waals surface area contributed by atoms with Crippen LogP contribution in [0.25, 0.3) is 0 Å². The first-order valence-electron chi connectivity index (χ1n) is 5.75. The zero-order chi connectivity index (χ0) is 13.1. The van der Waals surface area contributed by atoms with Gasteiger partial charge in [0.25, 0.3) is 0 Å². The van der Waals surface area contributed by atoms with Gasteiger partial charge in [-0.3, -0.25) is 11.3 Å². The third kappa shape index (κ3) is 4.37. The van der Waals surface area contributed by atoms with Crippen LogP contribution in [0, 0.1) is 11.2 Å². The lowest BCUT2D eigenvalue weighted by Gasteiger charge is -2.23. The molecular weight excluding hydrogens is 283 g/mol. The number of hydrogen-bond donors (Lipinski definition) is 2. The van der Waals surface area contributed by atoms with Crippen LogP contribution >= 0.6 is 15.9 Å². The molecule has 96 valence electrons. The van der Waals surface area contributed by atoms with Crippen LogP contribution < -0.4 is 11.3 Å². The SMILES string of the molecule is CC(C)(C)CCC(NN)c1cccc(Br)c1F. The molecule has 1 rings (SSSR count). The van der Waals surface area contributed by atoms with Crippen molar-refractivity contribution in [1.82, 2.24) is 5.43 Å². The number of benzene rings is 1. The van der Waals surface area contributed by atoms with Crippen LogP contribution in [0.2, 0.25) is 0 Å². The maximum atomic E-state index is 13.9. The molecule has 3 N–H and O–H groups in total. The van der Waals surface area contributed by atoms with Crippen molar-refractivity contribution in [1.29, 1.82) is 0 Å². The predicted molar refractivity (Wildman–Crippen MR) is 72.9 cm³/mol. The highest BCUT2D eigenvalue weighted by Crippen LogP contribution is 2.30. The molecule has 0 amide bonds. The lowest BCUT2D eigenvalue weighted by molar-refractivity contribution is 0.330. The van der Waals surface area contributed by atoms with E-state index in [0.29, 0.717) is 10.0 Å². The van der Waals surface area contributed by atoms with Crippen molar-refractivity contribution in [2.45, 2.75) is 39.7 Å². The molecule has 1 unspecified atom stereocenters. The predicted octanol–water partition coefficient (Wildman–Crippen LogP) is 3.92. The van der Waals surface area contributed by atoms with Crippen molar-refractivity contribution >= 4 is 15.9 Å². The third-order valence-corrected chi connectivity index (χ3v) is 3.35. The van der Waals surface area contributed by atoms with Crippen molar-refractivity contribution in [3.05, 3.63) is 34.1 Å². The number of nitrogens with two attached hydrogens (primary N) is 1. The molecule has 0 aromatic heterocycles. The molecule has 0 radical (unpaired) electrons. The standard InChI is InChI=1S/C13H20BrFN2/c1-13(2,3)8-7-11(17-16)9-5-4-6-10(14)12(9)15/h4-6,11,17H,7-8,16H2,1-3H3. The normalized spacial score (nSPS) is 13.8. The second kappa shape index (κ2) is 5.94. The van der Waals surface area contributed by atoms with Gasteiger partial charge in [-0.2, -0.15) is 0 Å². The molecule has 0 saturated heterocycles. The summed E-state index contributed by atoms with van der Waals surface area (Å²) in [6, 6.07) is 5.14. The molecule has 2 nitrogen and oxygen atoms in total. The van der Waals surface area contributed by atoms with E-state index in [2.05, 4.69) is 42.1 Å². The summed E-state index contributed by atoms with van der Waals surface area (Å²) in [5.74, 6) is 5.29. The molecule has 0 fully saturated rings. The van der Waals surface area contributed by atoms with E-state index in [4.69, 9.17) is 5.84 Å². The Hall–Kier alpha value is -0.450. The topological polar surface area (TPSA) is 38.0 Å². The van der Waals surface area contributed by atoms with E-state index in [1.165, 1.54) is 0 Å². The van der Waals surface area contributed by atoms with E-state index < -0.39 is 0 Å². The van der Waals surface area contributed by atoms with E-state index in [1.54, 1.807) is 12.1 Å². The third-order valence-electron chi connectivity index (χ3n) is 2.74. The van der Waals surface area contributed by atoms with Crippen molar-refractivity contribution in [2.24, 2.45) is 11.3 Å². The quantitative estimate of drug-likeness (QED) is 0.653. The van der Waals surface area contributed by atoms with Crippen LogP contribution in [0.3, 0.4) is 0 Å². The zero-order valence-electron chi connectivity index (χ0n) is 10.6. The molecule has 1 aromatic rings. The molecule has 0 bridgehead atoms. The molecule has 17 heavy (non-hydrogen) atoms. The van der Waals surface area contributed by atoms with E-state index in [9.17, 15) is 4.39 Å². The van der Waals surface area contributed by atoms with Crippen LogP contribution in [0.4, 0.5) is 4.39 Å². The van der Waals surface area contributed by atoms with Gasteiger partial charge in [0.2, 0.25) is 0 Å². The first-order chi connectivity index (χ1) is 7.85. The number of nitrogens with one attached hydrogen (secondary N) is 1. The minimum Gasteiger partial charge on any atom is -0.271 e. The molecule has 4 heteroatoms. The summed E-state index contributed by atoms with van der Waals surface area (Å²) < 4.78 is 14.4. The number of halogens is 2. The highest BCUT2D eigenvalue weighted by atomic mass is 79.9. The summed E-state index contributed by atoms with van der Waals surface area (Å²) in [5.41, 5.74) is 3.53. The van der Waals surface area contributed by atoms with Gasteiger partial charge in [-0.1, -0.05) is 32.9 Å². The molecule has 1 atom stereocenters. The van der Waals surface area contributed by atoms with Crippen LogP contribution in [-0.2, 0) is 0 Å². The smallest absolute Gasteiger partial charge is 0.142 e. The monoisotopic (exact) mass is 302 g/mol. The van der Waals surface area contributed by atoms with Gasteiger partial charge < -0.3 is 0 Å². The number of rotatable bonds is 4. The maximum absolute atomic E-state index is 13.9. The lowest BCUT2D eigenvalue weighted by Crippen LogP contribution is -2.29. The van der Waals surface area contributed by atoms with Gasteiger partial charge in [-0.15, -0.1) is 0 Å². The Labute approximate surface area is 111 Å². The molecule has 0 aliphatic rings. The van der Waals surface area contributed by atoms with Crippen LogP contribution in [0.1, 0.15) is 45.2 Å². The summed E-state index contributed by atoms with van der Waals surface area (Å²) in [7, 11) is 0. The van der Waals surface area contributed by atoms with Gasteiger partial charge in [0, 0.05) is 11.6 Å².